The fourth-order valence-corrected chi connectivity index (χ4v) is 2.05. The summed E-state index contributed by atoms with van der Waals surface area (Å²) in [4.78, 5) is 23.6. The van der Waals surface area contributed by atoms with E-state index in [-0.39, 0.29) is 0 Å². The molecule has 0 spiro atoms. The Kier molecular flexibility index (Phi) is 5.74. The highest BCUT2D eigenvalue weighted by Gasteiger charge is 2.12. The Morgan fingerprint density at radius 3 is 2.48 bits per heavy atom. The third-order valence-corrected chi connectivity index (χ3v) is 3.35. The highest BCUT2D eigenvalue weighted by Crippen LogP contribution is 2.12. The van der Waals surface area contributed by atoms with Crippen molar-refractivity contribution in [3.05, 3.63) is 59.7 Å². The minimum atomic E-state index is -0.667. The van der Waals surface area contributed by atoms with Gasteiger partial charge in [-0.15, -0.1) is 0 Å². The molecule has 2 rings (SSSR count). The third kappa shape index (κ3) is 5.14. The maximum atomic E-state index is 11.8. The molecule has 2 amide bonds. The molecule has 0 atom stereocenters. The fraction of sp³-hybridized carbons (Fsp3) is 0.222. The minimum absolute atomic E-state index is 0.382. The molecule has 0 saturated carbocycles. The average Bonchev–Trinajstić information content (AvgIpc) is 2.57. The van der Waals surface area contributed by atoms with Gasteiger partial charge in [0.1, 0.15) is 5.75 Å². The molecule has 0 unspecified atom stereocenters. The number of anilines is 1. The zero-order chi connectivity index (χ0) is 16.7. The first-order chi connectivity index (χ1) is 11.1. The summed E-state index contributed by atoms with van der Waals surface area (Å²) in [5, 5.41) is 5.17. The van der Waals surface area contributed by atoms with E-state index < -0.39 is 11.8 Å². The highest BCUT2D eigenvalue weighted by molar-refractivity contribution is 6.39. The van der Waals surface area contributed by atoms with Crippen molar-refractivity contribution in [1.82, 2.24) is 5.32 Å². The van der Waals surface area contributed by atoms with Crippen molar-refractivity contribution in [2.75, 3.05) is 19.0 Å². The molecular weight excluding hydrogens is 292 g/mol. The summed E-state index contributed by atoms with van der Waals surface area (Å²) < 4.78 is 5.14. The van der Waals surface area contributed by atoms with Crippen LogP contribution in [0.25, 0.3) is 0 Å². The summed E-state index contributed by atoms with van der Waals surface area (Å²) in [7, 11) is 1.61. The molecule has 5 nitrogen and oxygen atoms in total. The van der Waals surface area contributed by atoms with Gasteiger partial charge in [-0.05, 0) is 43.2 Å². The lowest BCUT2D eigenvalue weighted by Gasteiger charge is -2.07. The molecule has 5 heteroatoms. The fourth-order valence-electron chi connectivity index (χ4n) is 2.05. The number of nitrogens with one attached hydrogen (secondary N) is 2. The van der Waals surface area contributed by atoms with Gasteiger partial charge < -0.3 is 15.4 Å². The predicted molar refractivity (Wildman–Crippen MR) is 89.5 cm³/mol. The first kappa shape index (κ1) is 16.5. The van der Waals surface area contributed by atoms with E-state index in [0.717, 1.165) is 16.9 Å². The molecule has 0 aliphatic heterocycles. The third-order valence-electron chi connectivity index (χ3n) is 3.35. The highest BCUT2D eigenvalue weighted by atomic mass is 16.5. The van der Waals surface area contributed by atoms with Crippen molar-refractivity contribution in [3.63, 3.8) is 0 Å². The Morgan fingerprint density at radius 2 is 1.78 bits per heavy atom. The van der Waals surface area contributed by atoms with Gasteiger partial charge in [0, 0.05) is 12.2 Å². The molecule has 23 heavy (non-hydrogen) atoms. The monoisotopic (exact) mass is 312 g/mol. The second kappa shape index (κ2) is 7.98. The van der Waals surface area contributed by atoms with Crippen LogP contribution in [-0.4, -0.2) is 25.5 Å². The molecule has 0 heterocycles. The number of ether oxygens (including phenoxy) is 1. The molecule has 0 bridgehead atoms. The molecule has 0 saturated heterocycles. The Hall–Kier alpha value is -2.82. The number of rotatable bonds is 5. The van der Waals surface area contributed by atoms with Gasteiger partial charge in [0.25, 0.3) is 0 Å². The molecule has 2 N–H and O–H groups in total. The number of aryl methyl sites for hydroxylation is 1. The molecule has 2 aromatic carbocycles. The first-order valence-electron chi connectivity index (χ1n) is 7.37. The molecule has 0 aliphatic rings. The van der Waals surface area contributed by atoms with E-state index in [1.165, 1.54) is 0 Å². The lowest BCUT2D eigenvalue weighted by molar-refractivity contribution is -0.136. The molecule has 0 aromatic heterocycles. The molecular formula is C18H20N2O3. The van der Waals surface area contributed by atoms with Crippen LogP contribution in [0.3, 0.4) is 0 Å². The van der Waals surface area contributed by atoms with E-state index in [0.29, 0.717) is 18.7 Å². The Bertz CT molecular complexity index is 681. The number of carbonyl (C=O) groups is 2. The topological polar surface area (TPSA) is 67.4 Å². The SMILES string of the molecule is COc1cccc(CCNC(=O)C(=O)Nc2ccc(C)cc2)c1. The van der Waals surface area contributed by atoms with Crippen LogP contribution in [0, 0.1) is 6.92 Å². The summed E-state index contributed by atoms with van der Waals surface area (Å²) in [5.74, 6) is -0.543. The van der Waals surface area contributed by atoms with E-state index in [9.17, 15) is 9.59 Å². The number of methoxy groups -OCH3 is 1. The van der Waals surface area contributed by atoms with Gasteiger partial charge in [-0.3, -0.25) is 9.59 Å². The Labute approximate surface area is 135 Å². The minimum Gasteiger partial charge on any atom is -0.497 e. The zero-order valence-electron chi connectivity index (χ0n) is 13.3. The number of benzene rings is 2. The summed E-state index contributed by atoms with van der Waals surface area (Å²) in [6.45, 7) is 2.34. The second-order valence-corrected chi connectivity index (χ2v) is 5.18. The van der Waals surface area contributed by atoms with Gasteiger partial charge in [-0.2, -0.15) is 0 Å². The number of carbonyl (C=O) groups excluding carboxylic acids is 2. The van der Waals surface area contributed by atoms with Crippen LogP contribution in [0.5, 0.6) is 5.75 Å². The lowest BCUT2D eigenvalue weighted by atomic mass is 10.1. The van der Waals surface area contributed by atoms with Crippen molar-refractivity contribution in [2.45, 2.75) is 13.3 Å². The summed E-state index contributed by atoms with van der Waals surface area (Å²) in [6.07, 6.45) is 0.626. The maximum Gasteiger partial charge on any atom is 0.313 e. The summed E-state index contributed by atoms with van der Waals surface area (Å²) >= 11 is 0. The Balaban J connectivity index is 1.79. The lowest BCUT2D eigenvalue weighted by Crippen LogP contribution is -2.36. The average molecular weight is 312 g/mol. The predicted octanol–water partition coefficient (Wildman–Crippen LogP) is 2.30. The largest absolute Gasteiger partial charge is 0.497 e. The second-order valence-electron chi connectivity index (χ2n) is 5.18. The van der Waals surface area contributed by atoms with Crippen LogP contribution in [0.2, 0.25) is 0 Å². The van der Waals surface area contributed by atoms with Crippen molar-refractivity contribution < 1.29 is 14.3 Å². The molecule has 0 radical (unpaired) electrons. The van der Waals surface area contributed by atoms with E-state index >= 15 is 0 Å². The van der Waals surface area contributed by atoms with Gasteiger partial charge in [-0.1, -0.05) is 29.8 Å². The van der Waals surface area contributed by atoms with Crippen LogP contribution >= 0.6 is 0 Å². The number of hydrogen-bond donors (Lipinski definition) is 2. The van der Waals surface area contributed by atoms with Crippen LogP contribution in [0.4, 0.5) is 5.69 Å². The van der Waals surface area contributed by atoms with E-state index in [1.54, 1.807) is 19.2 Å². The number of hydrogen-bond acceptors (Lipinski definition) is 3. The van der Waals surface area contributed by atoms with E-state index in [4.69, 9.17) is 4.74 Å². The normalized spacial score (nSPS) is 10.0. The van der Waals surface area contributed by atoms with Crippen LogP contribution in [-0.2, 0) is 16.0 Å². The van der Waals surface area contributed by atoms with Crippen molar-refractivity contribution in [3.8, 4) is 5.75 Å². The zero-order valence-corrected chi connectivity index (χ0v) is 13.3. The van der Waals surface area contributed by atoms with Gasteiger partial charge in [0.15, 0.2) is 0 Å². The van der Waals surface area contributed by atoms with Crippen molar-refractivity contribution >= 4 is 17.5 Å². The molecule has 2 aromatic rings. The van der Waals surface area contributed by atoms with Crippen molar-refractivity contribution in [1.29, 1.82) is 0 Å². The van der Waals surface area contributed by atoms with Crippen LogP contribution in [0.1, 0.15) is 11.1 Å². The van der Waals surface area contributed by atoms with Gasteiger partial charge in [0.05, 0.1) is 7.11 Å². The van der Waals surface area contributed by atoms with Gasteiger partial charge in [-0.25, -0.2) is 0 Å². The van der Waals surface area contributed by atoms with Crippen molar-refractivity contribution in [2.24, 2.45) is 0 Å². The van der Waals surface area contributed by atoms with Gasteiger partial charge in [0.2, 0.25) is 0 Å². The van der Waals surface area contributed by atoms with Gasteiger partial charge >= 0.3 is 11.8 Å². The number of amides is 2. The quantitative estimate of drug-likeness (QED) is 0.833. The van der Waals surface area contributed by atoms with E-state index in [2.05, 4.69) is 10.6 Å². The van der Waals surface area contributed by atoms with Crippen LogP contribution < -0.4 is 15.4 Å². The smallest absolute Gasteiger partial charge is 0.313 e. The Morgan fingerprint density at radius 1 is 1.04 bits per heavy atom. The standard InChI is InChI=1S/C18H20N2O3/c1-13-6-8-15(9-7-13)20-18(22)17(21)19-11-10-14-4-3-5-16(12-14)23-2/h3-9,12H,10-11H2,1-2H3,(H,19,21)(H,20,22). The van der Waals surface area contributed by atoms with E-state index in [1.807, 2.05) is 43.3 Å². The summed E-state index contributed by atoms with van der Waals surface area (Å²) in [6, 6.07) is 14.9. The van der Waals surface area contributed by atoms with Crippen LogP contribution in [0.15, 0.2) is 48.5 Å². The molecule has 0 fully saturated rings. The first-order valence-corrected chi connectivity index (χ1v) is 7.37. The maximum absolute atomic E-state index is 11.8. The molecule has 0 aliphatic carbocycles. The molecule has 120 valence electrons. The summed E-state index contributed by atoms with van der Waals surface area (Å²) in [5.41, 5.74) is 2.72.